The summed E-state index contributed by atoms with van der Waals surface area (Å²) in [7, 11) is 0. The van der Waals surface area contributed by atoms with Crippen LogP contribution in [0.4, 0.5) is 17.1 Å². The summed E-state index contributed by atoms with van der Waals surface area (Å²) >= 11 is 0. The fourth-order valence-corrected chi connectivity index (χ4v) is 6.32. The first-order chi connectivity index (χ1) is 20.7. The number of nitrogens with zero attached hydrogens (tertiary/aromatic N) is 6. The number of amidine groups is 1. The Labute approximate surface area is 242 Å². The van der Waals surface area contributed by atoms with Crippen LogP contribution >= 0.6 is 0 Å². The number of nitro groups is 1. The molecule has 2 aliphatic heterocycles. The molecule has 202 valence electrons. The zero-order chi connectivity index (χ0) is 28.3. The molecule has 8 heteroatoms. The van der Waals surface area contributed by atoms with E-state index in [9.17, 15) is 10.1 Å². The maximum atomic E-state index is 11.5. The molecule has 1 aliphatic carbocycles. The van der Waals surface area contributed by atoms with E-state index in [1.165, 1.54) is 12.1 Å². The van der Waals surface area contributed by atoms with Gasteiger partial charge in [0.1, 0.15) is 12.4 Å². The van der Waals surface area contributed by atoms with E-state index in [1.54, 1.807) is 12.1 Å². The molecule has 0 N–H and O–H groups in total. The van der Waals surface area contributed by atoms with Crippen LogP contribution in [0.1, 0.15) is 16.7 Å². The zero-order valence-corrected chi connectivity index (χ0v) is 22.4. The highest BCUT2D eigenvalue weighted by molar-refractivity contribution is 6.21. The maximum Gasteiger partial charge on any atom is 0.269 e. The van der Waals surface area contributed by atoms with E-state index in [0.29, 0.717) is 6.67 Å². The van der Waals surface area contributed by atoms with Crippen LogP contribution in [0.15, 0.2) is 144 Å². The predicted octanol–water partition coefficient (Wildman–Crippen LogP) is 6.79. The van der Waals surface area contributed by atoms with E-state index in [0.717, 1.165) is 50.7 Å². The Bertz CT molecular complexity index is 1910. The van der Waals surface area contributed by atoms with Crippen molar-refractivity contribution < 1.29 is 4.92 Å². The van der Waals surface area contributed by atoms with E-state index in [2.05, 4.69) is 71.6 Å². The van der Waals surface area contributed by atoms with Crippen molar-refractivity contribution in [2.75, 3.05) is 16.7 Å². The first kappa shape index (κ1) is 24.1. The van der Waals surface area contributed by atoms with Crippen molar-refractivity contribution in [3.63, 3.8) is 0 Å². The third-order valence-corrected chi connectivity index (χ3v) is 8.14. The number of rotatable bonds is 4. The lowest BCUT2D eigenvalue weighted by Gasteiger charge is -2.52. The molecule has 1 unspecified atom stereocenters. The monoisotopic (exact) mass is 548 g/mol. The number of hydrogen-bond acceptors (Lipinski definition) is 7. The summed E-state index contributed by atoms with van der Waals surface area (Å²) in [4.78, 5) is 13.5. The SMILES string of the molecule is O=[N+]([O-])c1ccc(N2N=C(c3ccccc3)N3CN(c4ccccc4)N=C4c5ccccc5-c5ccccc5C432)cc1. The Hall–Kier alpha value is -5.76. The van der Waals surface area contributed by atoms with Gasteiger partial charge in [-0.25, -0.2) is 10.0 Å². The molecule has 1 spiro atoms. The van der Waals surface area contributed by atoms with E-state index in [4.69, 9.17) is 10.2 Å². The van der Waals surface area contributed by atoms with E-state index >= 15 is 0 Å². The summed E-state index contributed by atoms with van der Waals surface area (Å²) in [5.74, 6) is 0.788. The molecule has 0 saturated heterocycles. The van der Waals surface area contributed by atoms with Gasteiger partial charge in [0.25, 0.3) is 5.69 Å². The van der Waals surface area contributed by atoms with Crippen molar-refractivity contribution in [3.8, 4) is 11.1 Å². The third-order valence-electron chi connectivity index (χ3n) is 8.14. The number of benzene rings is 5. The van der Waals surface area contributed by atoms with Gasteiger partial charge in [0.05, 0.1) is 16.3 Å². The number of hydrogen-bond donors (Lipinski definition) is 0. The smallest absolute Gasteiger partial charge is 0.269 e. The van der Waals surface area contributed by atoms with E-state index < -0.39 is 5.66 Å². The number of fused-ring (bicyclic) bond motifs is 4. The molecule has 2 heterocycles. The zero-order valence-electron chi connectivity index (χ0n) is 22.4. The van der Waals surface area contributed by atoms with Gasteiger partial charge in [-0.2, -0.15) is 10.2 Å². The second-order valence-corrected chi connectivity index (χ2v) is 10.4. The highest BCUT2D eigenvalue weighted by Crippen LogP contribution is 2.53. The quantitative estimate of drug-likeness (QED) is 0.182. The van der Waals surface area contributed by atoms with Crippen molar-refractivity contribution in [1.29, 1.82) is 0 Å². The molecule has 5 aromatic rings. The molecular formula is C34H24N6O2. The minimum atomic E-state index is -0.947. The molecule has 0 fully saturated rings. The predicted molar refractivity (Wildman–Crippen MR) is 164 cm³/mol. The standard InChI is InChI=1S/C34H24N6O2/c41-40(42)27-21-19-26(20-22-27)39-34-31-18-10-9-16-29(31)28-15-7-8-17-30(28)32(34)35-38(25-13-5-2-6-14-25)23-37(34)33(36-39)24-11-3-1-4-12-24/h1-22H,23H2. The van der Waals surface area contributed by atoms with Gasteiger partial charge in [0.15, 0.2) is 5.84 Å². The summed E-state index contributed by atoms with van der Waals surface area (Å²) in [5.41, 5.74) is 6.83. The third kappa shape index (κ3) is 3.35. The summed E-state index contributed by atoms with van der Waals surface area (Å²) < 4.78 is 0. The summed E-state index contributed by atoms with van der Waals surface area (Å²) in [6.45, 7) is 0.432. The maximum absolute atomic E-state index is 11.5. The Morgan fingerprint density at radius 1 is 0.643 bits per heavy atom. The van der Waals surface area contributed by atoms with Crippen LogP contribution in [-0.2, 0) is 5.66 Å². The molecule has 1 atom stereocenters. The van der Waals surface area contributed by atoms with Crippen LogP contribution in [0.25, 0.3) is 11.1 Å². The molecule has 3 aliphatic rings. The van der Waals surface area contributed by atoms with Gasteiger partial charge in [-0.15, -0.1) is 0 Å². The van der Waals surface area contributed by atoms with Crippen molar-refractivity contribution in [2.45, 2.75) is 5.66 Å². The van der Waals surface area contributed by atoms with Crippen LogP contribution in [0.5, 0.6) is 0 Å². The molecule has 0 saturated carbocycles. The van der Waals surface area contributed by atoms with Crippen molar-refractivity contribution in [2.24, 2.45) is 10.2 Å². The molecule has 0 amide bonds. The highest BCUT2D eigenvalue weighted by atomic mass is 16.6. The lowest BCUT2D eigenvalue weighted by molar-refractivity contribution is -0.384. The Morgan fingerprint density at radius 2 is 1.26 bits per heavy atom. The van der Waals surface area contributed by atoms with Gasteiger partial charge in [-0.1, -0.05) is 97.1 Å². The van der Waals surface area contributed by atoms with E-state index in [1.807, 2.05) is 52.5 Å². The molecular weight excluding hydrogens is 524 g/mol. The molecule has 5 aromatic carbocycles. The number of anilines is 2. The number of non-ortho nitro benzene ring substituents is 1. The van der Waals surface area contributed by atoms with Gasteiger partial charge in [-0.05, 0) is 35.4 Å². The van der Waals surface area contributed by atoms with Crippen LogP contribution in [0.3, 0.4) is 0 Å². The van der Waals surface area contributed by atoms with Crippen molar-refractivity contribution >= 4 is 28.6 Å². The van der Waals surface area contributed by atoms with Gasteiger partial charge in [-0.3, -0.25) is 10.1 Å². The number of hydrazone groups is 2. The first-order valence-corrected chi connectivity index (χ1v) is 13.7. The first-order valence-electron chi connectivity index (χ1n) is 13.7. The lowest BCUT2D eigenvalue weighted by atomic mass is 9.75. The van der Waals surface area contributed by atoms with Crippen LogP contribution in [0, 0.1) is 10.1 Å². The average molecular weight is 549 g/mol. The summed E-state index contributed by atoms with van der Waals surface area (Å²) in [6, 6.07) is 43.6. The second kappa shape index (κ2) is 9.14. The van der Waals surface area contributed by atoms with Crippen molar-refractivity contribution in [1.82, 2.24) is 4.90 Å². The second-order valence-electron chi connectivity index (χ2n) is 10.4. The number of nitro benzene ring substituents is 1. The Morgan fingerprint density at radius 3 is 1.98 bits per heavy atom. The average Bonchev–Trinajstić information content (AvgIpc) is 3.41. The Balaban J connectivity index is 1.46. The summed E-state index contributed by atoms with van der Waals surface area (Å²) in [6.07, 6.45) is 0. The van der Waals surface area contributed by atoms with Crippen LogP contribution in [0.2, 0.25) is 0 Å². The van der Waals surface area contributed by atoms with Crippen LogP contribution in [-0.4, -0.2) is 28.0 Å². The molecule has 8 nitrogen and oxygen atoms in total. The fraction of sp³-hybridized carbons (Fsp3) is 0.0588. The minimum absolute atomic E-state index is 0.0294. The topological polar surface area (TPSA) is 77.6 Å². The highest BCUT2D eigenvalue weighted by Gasteiger charge is 2.60. The van der Waals surface area contributed by atoms with Crippen molar-refractivity contribution in [3.05, 3.63) is 160 Å². The molecule has 0 radical (unpaired) electrons. The van der Waals surface area contributed by atoms with E-state index in [-0.39, 0.29) is 10.6 Å². The van der Waals surface area contributed by atoms with Crippen LogP contribution < -0.4 is 10.0 Å². The minimum Gasteiger partial charge on any atom is -0.301 e. The van der Waals surface area contributed by atoms with Gasteiger partial charge < -0.3 is 4.90 Å². The molecule has 8 rings (SSSR count). The molecule has 0 bridgehead atoms. The largest absolute Gasteiger partial charge is 0.301 e. The fourth-order valence-electron chi connectivity index (χ4n) is 6.32. The number of para-hydroxylation sites is 1. The van der Waals surface area contributed by atoms with Gasteiger partial charge in [0.2, 0.25) is 5.66 Å². The van der Waals surface area contributed by atoms with Gasteiger partial charge >= 0.3 is 0 Å². The molecule has 0 aromatic heterocycles. The molecule has 42 heavy (non-hydrogen) atoms. The Kier molecular flexibility index (Phi) is 5.24. The van der Waals surface area contributed by atoms with Gasteiger partial charge in [0, 0.05) is 28.8 Å². The normalized spacial score (nSPS) is 18.3. The summed E-state index contributed by atoms with van der Waals surface area (Å²) in [5, 5.41) is 26.3. The lowest BCUT2D eigenvalue weighted by Crippen LogP contribution is -2.65.